The van der Waals surface area contributed by atoms with E-state index in [2.05, 4.69) is 20.0 Å². The second-order valence-electron chi connectivity index (χ2n) is 8.75. The van der Waals surface area contributed by atoms with E-state index >= 15 is 0 Å². The fourth-order valence-electron chi connectivity index (χ4n) is 4.36. The average molecular weight is 458 g/mol. The van der Waals surface area contributed by atoms with Crippen molar-refractivity contribution in [3.63, 3.8) is 0 Å². The molecule has 2 aliphatic heterocycles. The molecular formula is C24H22N6O4. The Morgan fingerprint density at radius 3 is 2.29 bits per heavy atom. The van der Waals surface area contributed by atoms with Gasteiger partial charge in [-0.3, -0.25) is 19.3 Å². The highest BCUT2D eigenvalue weighted by Crippen LogP contribution is 2.39. The summed E-state index contributed by atoms with van der Waals surface area (Å²) < 4.78 is 5.32. The van der Waals surface area contributed by atoms with E-state index in [4.69, 9.17) is 4.52 Å². The first kappa shape index (κ1) is 20.5. The Balaban J connectivity index is 1.05. The standard InChI is InChI=1S/C24H22N6O4/c31-20(14-30-23(32)17-3-1-2-4-18(17)24(30)33)29-11-9-28(10-12-29)19-8-7-16(13-25-19)21-26-22(34-27-21)15-5-6-15/h1-4,7-8,13,15H,5-6,9-12,14H2. The van der Waals surface area contributed by atoms with E-state index in [9.17, 15) is 14.4 Å². The lowest BCUT2D eigenvalue weighted by atomic mass is 10.1. The summed E-state index contributed by atoms with van der Waals surface area (Å²) in [6.07, 6.45) is 3.94. The lowest BCUT2D eigenvalue weighted by molar-refractivity contribution is -0.131. The second kappa shape index (κ2) is 8.05. The molecule has 1 saturated carbocycles. The summed E-state index contributed by atoms with van der Waals surface area (Å²) in [6, 6.07) is 10.5. The fourth-order valence-corrected chi connectivity index (χ4v) is 4.36. The van der Waals surface area contributed by atoms with Crippen molar-refractivity contribution in [1.29, 1.82) is 0 Å². The van der Waals surface area contributed by atoms with Crippen LogP contribution in [-0.4, -0.2) is 75.4 Å². The predicted molar refractivity (Wildman–Crippen MR) is 120 cm³/mol. The number of hydrogen-bond donors (Lipinski definition) is 0. The highest BCUT2D eigenvalue weighted by molar-refractivity contribution is 6.22. The van der Waals surface area contributed by atoms with Crippen LogP contribution >= 0.6 is 0 Å². The van der Waals surface area contributed by atoms with Gasteiger partial charge in [-0.25, -0.2) is 4.98 Å². The van der Waals surface area contributed by atoms with Crippen molar-refractivity contribution < 1.29 is 18.9 Å². The van der Waals surface area contributed by atoms with Gasteiger partial charge < -0.3 is 14.3 Å². The number of amides is 3. The molecule has 3 amide bonds. The molecule has 2 fully saturated rings. The SMILES string of the molecule is O=C(CN1C(=O)c2ccccc2C1=O)N1CCN(c2ccc(-c3noc(C4CC4)n3)cn2)CC1. The molecule has 0 unspecified atom stereocenters. The van der Waals surface area contributed by atoms with E-state index in [0.717, 1.165) is 29.1 Å². The Kier molecular flexibility index (Phi) is 4.86. The molecule has 2 aromatic heterocycles. The zero-order chi connectivity index (χ0) is 23.2. The highest BCUT2D eigenvalue weighted by atomic mass is 16.5. The lowest BCUT2D eigenvalue weighted by Gasteiger charge is -2.36. The molecule has 0 N–H and O–H groups in total. The zero-order valence-electron chi connectivity index (χ0n) is 18.4. The molecule has 10 nitrogen and oxygen atoms in total. The molecule has 1 saturated heterocycles. The summed E-state index contributed by atoms with van der Waals surface area (Å²) in [5.74, 6) is 1.39. The number of fused-ring (bicyclic) bond motifs is 1. The number of carbonyl (C=O) groups excluding carboxylic acids is 3. The Bertz CT molecular complexity index is 1240. The van der Waals surface area contributed by atoms with Crippen molar-refractivity contribution in [2.24, 2.45) is 0 Å². The number of benzene rings is 1. The second-order valence-corrected chi connectivity index (χ2v) is 8.75. The Hall–Kier alpha value is -4.08. The van der Waals surface area contributed by atoms with Crippen LogP contribution in [0.2, 0.25) is 0 Å². The van der Waals surface area contributed by atoms with E-state index < -0.39 is 11.8 Å². The molecule has 10 heteroatoms. The summed E-state index contributed by atoms with van der Waals surface area (Å²) >= 11 is 0. The number of nitrogens with zero attached hydrogens (tertiary/aromatic N) is 6. The molecule has 172 valence electrons. The number of aromatic nitrogens is 3. The topological polar surface area (TPSA) is 113 Å². The van der Waals surface area contributed by atoms with Crippen LogP contribution in [0.25, 0.3) is 11.4 Å². The van der Waals surface area contributed by atoms with Crippen LogP contribution in [0.3, 0.4) is 0 Å². The van der Waals surface area contributed by atoms with Crippen molar-refractivity contribution in [1.82, 2.24) is 24.9 Å². The van der Waals surface area contributed by atoms with Crippen LogP contribution < -0.4 is 4.90 Å². The monoisotopic (exact) mass is 458 g/mol. The van der Waals surface area contributed by atoms with E-state index in [0.29, 0.717) is 54.9 Å². The lowest BCUT2D eigenvalue weighted by Crippen LogP contribution is -2.52. The van der Waals surface area contributed by atoms with Gasteiger partial charge in [-0.2, -0.15) is 4.98 Å². The van der Waals surface area contributed by atoms with E-state index in [1.807, 2.05) is 12.1 Å². The van der Waals surface area contributed by atoms with Gasteiger partial charge in [-0.15, -0.1) is 0 Å². The minimum atomic E-state index is -0.414. The maximum atomic E-state index is 12.8. The van der Waals surface area contributed by atoms with Gasteiger partial charge in [-0.05, 0) is 37.1 Å². The van der Waals surface area contributed by atoms with Crippen molar-refractivity contribution in [3.05, 3.63) is 59.6 Å². The third kappa shape index (κ3) is 3.60. The van der Waals surface area contributed by atoms with Crippen molar-refractivity contribution in [3.8, 4) is 11.4 Å². The molecule has 34 heavy (non-hydrogen) atoms. The van der Waals surface area contributed by atoms with Gasteiger partial charge in [0.1, 0.15) is 12.4 Å². The first-order valence-corrected chi connectivity index (χ1v) is 11.4. The smallest absolute Gasteiger partial charge is 0.262 e. The van der Waals surface area contributed by atoms with E-state index in [1.165, 1.54) is 0 Å². The Morgan fingerprint density at radius 2 is 1.68 bits per heavy atom. The zero-order valence-corrected chi connectivity index (χ0v) is 18.4. The number of pyridine rings is 1. The Morgan fingerprint density at radius 1 is 0.971 bits per heavy atom. The molecule has 4 heterocycles. The fraction of sp³-hybridized carbons (Fsp3) is 0.333. The van der Waals surface area contributed by atoms with Gasteiger partial charge in [0.05, 0.1) is 11.1 Å². The summed E-state index contributed by atoms with van der Waals surface area (Å²) in [5, 5.41) is 4.05. The normalized spacial score (nSPS) is 17.9. The van der Waals surface area contributed by atoms with Crippen LogP contribution in [0, 0.1) is 0 Å². The third-order valence-corrected chi connectivity index (χ3v) is 6.50. The molecule has 6 rings (SSSR count). The van der Waals surface area contributed by atoms with Crippen LogP contribution in [0.4, 0.5) is 5.82 Å². The number of piperazine rings is 1. The molecule has 0 radical (unpaired) electrons. The number of hydrogen-bond acceptors (Lipinski definition) is 8. The summed E-state index contributed by atoms with van der Waals surface area (Å²) in [4.78, 5) is 51.7. The maximum Gasteiger partial charge on any atom is 0.262 e. The maximum absolute atomic E-state index is 12.8. The van der Waals surface area contributed by atoms with Crippen molar-refractivity contribution in [2.45, 2.75) is 18.8 Å². The predicted octanol–water partition coefficient (Wildman–Crippen LogP) is 1.95. The molecule has 1 aromatic carbocycles. The van der Waals surface area contributed by atoms with Gasteiger partial charge in [-0.1, -0.05) is 17.3 Å². The molecule has 3 aromatic rings. The summed E-state index contributed by atoms with van der Waals surface area (Å²) in [5.41, 5.74) is 1.50. The first-order valence-electron chi connectivity index (χ1n) is 11.4. The minimum absolute atomic E-state index is 0.235. The van der Waals surface area contributed by atoms with Gasteiger partial charge >= 0.3 is 0 Å². The molecular weight excluding hydrogens is 436 g/mol. The van der Waals surface area contributed by atoms with Gasteiger partial charge in [0, 0.05) is 43.9 Å². The molecule has 0 spiro atoms. The van der Waals surface area contributed by atoms with Gasteiger partial charge in [0.25, 0.3) is 11.8 Å². The van der Waals surface area contributed by atoms with Crippen LogP contribution in [0.1, 0.15) is 45.4 Å². The Labute approximate surface area is 195 Å². The summed E-state index contributed by atoms with van der Waals surface area (Å²) in [7, 11) is 0. The van der Waals surface area contributed by atoms with Crippen molar-refractivity contribution >= 4 is 23.5 Å². The molecule has 3 aliphatic rings. The largest absolute Gasteiger partial charge is 0.353 e. The molecule has 0 bridgehead atoms. The number of carbonyl (C=O) groups is 3. The molecule has 1 aliphatic carbocycles. The van der Waals surface area contributed by atoms with Crippen LogP contribution in [0.5, 0.6) is 0 Å². The first-order chi connectivity index (χ1) is 16.6. The van der Waals surface area contributed by atoms with Gasteiger partial charge in [0.2, 0.25) is 17.6 Å². The number of rotatable bonds is 5. The quantitative estimate of drug-likeness (QED) is 0.533. The summed E-state index contributed by atoms with van der Waals surface area (Å²) in [6.45, 7) is 1.94. The number of anilines is 1. The third-order valence-electron chi connectivity index (χ3n) is 6.50. The molecule has 0 atom stereocenters. The number of imide groups is 1. The van der Waals surface area contributed by atoms with Crippen LogP contribution in [0.15, 0.2) is 47.1 Å². The van der Waals surface area contributed by atoms with Crippen molar-refractivity contribution in [2.75, 3.05) is 37.6 Å². The van der Waals surface area contributed by atoms with E-state index in [1.54, 1.807) is 35.4 Å². The average Bonchev–Trinajstić information content (AvgIpc) is 3.57. The minimum Gasteiger partial charge on any atom is -0.353 e. The highest BCUT2D eigenvalue weighted by Gasteiger charge is 2.37. The van der Waals surface area contributed by atoms with Crippen LogP contribution in [-0.2, 0) is 4.79 Å². The van der Waals surface area contributed by atoms with Gasteiger partial charge in [0.15, 0.2) is 0 Å². The van der Waals surface area contributed by atoms with E-state index in [-0.39, 0.29) is 12.5 Å².